The molecule has 0 radical (unpaired) electrons. The lowest BCUT2D eigenvalue weighted by Crippen LogP contribution is -2.01. The van der Waals surface area contributed by atoms with Crippen molar-refractivity contribution in [2.24, 2.45) is 0 Å². The van der Waals surface area contributed by atoms with Crippen molar-refractivity contribution in [2.45, 2.75) is 19.3 Å². The van der Waals surface area contributed by atoms with E-state index in [4.69, 9.17) is 9.47 Å². The van der Waals surface area contributed by atoms with Crippen LogP contribution >= 0.6 is 0 Å². The van der Waals surface area contributed by atoms with Gasteiger partial charge in [0, 0.05) is 36.1 Å². The number of benzene rings is 1. The number of pyridine rings is 3. The highest BCUT2D eigenvalue weighted by Gasteiger charge is 2.13. The third kappa shape index (κ3) is 5.40. The van der Waals surface area contributed by atoms with E-state index in [0.717, 1.165) is 29.7 Å². The molecule has 0 amide bonds. The van der Waals surface area contributed by atoms with Gasteiger partial charge in [-0.3, -0.25) is 9.78 Å². The molecule has 0 bridgehead atoms. The van der Waals surface area contributed by atoms with Crippen LogP contribution in [0.3, 0.4) is 0 Å². The Balaban J connectivity index is 1.34. The van der Waals surface area contributed by atoms with E-state index >= 15 is 0 Å². The van der Waals surface area contributed by atoms with Crippen LogP contribution in [0.15, 0.2) is 79.5 Å². The number of carbonyl (C=O) groups excluding carboxylic acids is 1. The summed E-state index contributed by atoms with van der Waals surface area (Å²) in [5, 5.41) is 7.62. The molecule has 4 heterocycles. The molecule has 0 aliphatic carbocycles. The topological polar surface area (TPSA) is 104 Å². The van der Waals surface area contributed by atoms with Crippen LogP contribution < -0.4 is 14.8 Å². The zero-order valence-corrected chi connectivity index (χ0v) is 20.6. The molecule has 5 rings (SSSR count). The number of ether oxygens (including phenoxy) is 2. The van der Waals surface area contributed by atoms with Crippen LogP contribution in [-0.4, -0.2) is 44.6 Å². The van der Waals surface area contributed by atoms with Crippen LogP contribution in [0.1, 0.15) is 28.8 Å². The van der Waals surface area contributed by atoms with Crippen LogP contribution in [0.2, 0.25) is 0 Å². The molecule has 0 saturated carbocycles. The van der Waals surface area contributed by atoms with Crippen molar-refractivity contribution in [2.75, 3.05) is 19.5 Å². The lowest BCUT2D eigenvalue weighted by atomic mass is 10.00. The van der Waals surface area contributed by atoms with Crippen molar-refractivity contribution in [1.82, 2.24) is 24.6 Å². The third-order valence-corrected chi connectivity index (χ3v) is 6.04. The molecule has 1 aromatic carbocycles. The van der Waals surface area contributed by atoms with E-state index in [1.54, 1.807) is 43.3 Å². The van der Waals surface area contributed by atoms with E-state index in [9.17, 15) is 4.79 Å². The minimum atomic E-state index is 0.134. The molecule has 0 aliphatic heterocycles. The van der Waals surface area contributed by atoms with E-state index in [1.165, 1.54) is 11.9 Å². The normalized spacial score (nSPS) is 10.9. The molecule has 0 atom stereocenters. The van der Waals surface area contributed by atoms with Gasteiger partial charge in [-0.1, -0.05) is 24.3 Å². The maximum atomic E-state index is 12.7. The molecule has 0 aliphatic rings. The van der Waals surface area contributed by atoms with E-state index in [-0.39, 0.29) is 5.78 Å². The molecule has 9 nitrogen and oxygen atoms in total. The number of rotatable bonds is 10. The molecule has 37 heavy (non-hydrogen) atoms. The Kier molecular flexibility index (Phi) is 7.02. The number of carbonyl (C=O) groups is 1. The predicted octanol–water partition coefficient (Wildman–Crippen LogP) is 5.15. The van der Waals surface area contributed by atoms with Gasteiger partial charge in [0.05, 0.1) is 19.9 Å². The van der Waals surface area contributed by atoms with Crippen molar-refractivity contribution in [3.63, 3.8) is 0 Å². The highest BCUT2D eigenvalue weighted by molar-refractivity contribution is 5.96. The molecule has 0 unspecified atom stereocenters. The maximum Gasteiger partial charge on any atom is 0.258 e. The first-order valence-electron chi connectivity index (χ1n) is 11.9. The number of Topliss-reactive ketones (excluding diaryl/α,β-unsaturated/α-hetero) is 1. The van der Waals surface area contributed by atoms with Gasteiger partial charge < -0.3 is 14.8 Å². The summed E-state index contributed by atoms with van der Waals surface area (Å²) in [5.74, 6) is 1.63. The number of hydrogen-bond donors (Lipinski definition) is 1. The molecular weight excluding hydrogens is 468 g/mol. The van der Waals surface area contributed by atoms with Gasteiger partial charge in [0.1, 0.15) is 12.1 Å². The largest absolute Gasteiger partial charge is 0.491 e. The Morgan fingerprint density at radius 2 is 1.78 bits per heavy atom. The third-order valence-electron chi connectivity index (χ3n) is 6.04. The molecule has 1 N–H and O–H groups in total. The van der Waals surface area contributed by atoms with Gasteiger partial charge >= 0.3 is 0 Å². The first-order chi connectivity index (χ1) is 18.1. The second-order valence-corrected chi connectivity index (χ2v) is 8.41. The summed E-state index contributed by atoms with van der Waals surface area (Å²) in [4.78, 5) is 25.6. The van der Waals surface area contributed by atoms with E-state index in [0.29, 0.717) is 35.1 Å². The SMILES string of the molecule is COc1ccc(Nc2cc(-c3ccc(C(=O)CCCc4ccncc4)cc3)cn3ncnc23)nc1OC. The Bertz CT molecular complexity index is 1520. The van der Waals surface area contributed by atoms with Crippen LogP contribution in [0.5, 0.6) is 11.6 Å². The fourth-order valence-corrected chi connectivity index (χ4v) is 4.11. The Labute approximate surface area is 214 Å². The lowest BCUT2D eigenvalue weighted by molar-refractivity contribution is 0.0980. The summed E-state index contributed by atoms with van der Waals surface area (Å²) in [6, 6.07) is 17.2. The molecule has 0 fully saturated rings. The van der Waals surface area contributed by atoms with E-state index < -0.39 is 0 Å². The van der Waals surface area contributed by atoms with E-state index in [2.05, 4.69) is 25.4 Å². The number of nitrogens with one attached hydrogen (secondary N) is 1. The summed E-state index contributed by atoms with van der Waals surface area (Å²) in [6.07, 6.45) is 9.11. The molecule has 9 heteroatoms. The Morgan fingerprint density at radius 1 is 0.973 bits per heavy atom. The zero-order chi connectivity index (χ0) is 25.6. The number of ketones is 1. The van der Waals surface area contributed by atoms with Crippen LogP contribution in [0.25, 0.3) is 16.8 Å². The van der Waals surface area contributed by atoms with Gasteiger partial charge in [0.15, 0.2) is 17.2 Å². The van der Waals surface area contributed by atoms with E-state index in [1.807, 2.05) is 48.7 Å². The number of anilines is 2. The predicted molar refractivity (Wildman–Crippen MR) is 141 cm³/mol. The quantitative estimate of drug-likeness (QED) is 0.266. The van der Waals surface area contributed by atoms with Crippen molar-refractivity contribution in [1.29, 1.82) is 0 Å². The summed E-state index contributed by atoms with van der Waals surface area (Å²) in [5.41, 5.74) is 5.14. The van der Waals surface area contributed by atoms with Crippen molar-refractivity contribution in [3.8, 4) is 22.8 Å². The summed E-state index contributed by atoms with van der Waals surface area (Å²) in [6.45, 7) is 0. The monoisotopic (exact) mass is 494 g/mol. The summed E-state index contributed by atoms with van der Waals surface area (Å²) in [7, 11) is 3.11. The molecule has 5 aromatic rings. The van der Waals surface area contributed by atoms with Gasteiger partial charge in [-0.2, -0.15) is 10.1 Å². The van der Waals surface area contributed by atoms with Gasteiger partial charge in [-0.05, 0) is 54.3 Å². The fourth-order valence-electron chi connectivity index (χ4n) is 4.11. The van der Waals surface area contributed by atoms with Crippen LogP contribution in [0.4, 0.5) is 11.5 Å². The molecule has 4 aromatic heterocycles. The first-order valence-corrected chi connectivity index (χ1v) is 11.9. The highest BCUT2D eigenvalue weighted by Crippen LogP contribution is 2.30. The second-order valence-electron chi connectivity index (χ2n) is 8.41. The van der Waals surface area contributed by atoms with Crippen LogP contribution in [-0.2, 0) is 6.42 Å². The highest BCUT2D eigenvalue weighted by atomic mass is 16.5. The lowest BCUT2D eigenvalue weighted by Gasteiger charge is -2.12. The minimum Gasteiger partial charge on any atom is -0.491 e. The first kappa shape index (κ1) is 23.9. The summed E-state index contributed by atoms with van der Waals surface area (Å²) < 4.78 is 12.3. The van der Waals surface area contributed by atoms with Gasteiger partial charge in [-0.15, -0.1) is 0 Å². The number of aromatic nitrogens is 5. The number of methoxy groups -OCH3 is 2. The standard InChI is InChI=1S/C28H26N6O3/c1-36-25-10-11-26(33-28(25)37-2)32-23-16-22(17-34-27(23)30-18-31-34)20-6-8-21(9-7-20)24(35)5-3-4-19-12-14-29-15-13-19/h6-18H,3-5H2,1-2H3,(H,32,33). The average molecular weight is 495 g/mol. The van der Waals surface area contributed by atoms with Crippen molar-refractivity contribution in [3.05, 3.63) is 90.6 Å². The average Bonchev–Trinajstić information content (AvgIpc) is 3.43. The number of nitrogens with zero attached hydrogens (tertiary/aromatic N) is 5. The number of hydrogen-bond acceptors (Lipinski definition) is 8. The smallest absolute Gasteiger partial charge is 0.258 e. The van der Waals surface area contributed by atoms with Gasteiger partial charge in [0.25, 0.3) is 5.88 Å². The Morgan fingerprint density at radius 3 is 2.54 bits per heavy atom. The maximum absolute atomic E-state index is 12.7. The van der Waals surface area contributed by atoms with Crippen molar-refractivity contribution >= 4 is 22.9 Å². The number of fused-ring (bicyclic) bond motifs is 1. The molecule has 0 saturated heterocycles. The minimum absolute atomic E-state index is 0.134. The zero-order valence-electron chi connectivity index (χ0n) is 20.6. The molecule has 0 spiro atoms. The molecule has 186 valence electrons. The second kappa shape index (κ2) is 10.9. The molecular formula is C28H26N6O3. The van der Waals surface area contributed by atoms with Crippen LogP contribution in [0, 0.1) is 0 Å². The Hall–Kier alpha value is -4.79. The van der Waals surface area contributed by atoms with Gasteiger partial charge in [-0.25, -0.2) is 9.50 Å². The summed E-state index contributed by atoms with van der Waals surface area (Å²) >= 11 is 0. The van der Waals surface area contributed by atoms with Gasteiger partial charge in [0.2, 0.25) is 0 Å². The van der Waals surface area contributed by atoms with Crippen molar-refractivity contribution < 1.29 is 14.3 Å². The fraction of sp³-hybridized carbons (Fsp3) is 0.179. The number of aryl methyl sites for hydroxylation is 1.